The number of hydrogen-bond acceptors (Lipinski definition) is 2. The van der Waals surface area contributed by atoms with Crippen molar-refractivity contribution in [3.63, 3.8) is 0 Å². The van der Waals surface area contributed by atoms with Crippen molar-refractivity contribution in [2.24, 2.45) is 5.41 Å². The van der Waals surface area contributed by atoms with Crippen LogP contribution in [0, 0.1) is 5.41 Å². The first kappa shape index (κ1) is 13.0. The topological polar surface area (TPSA) is 17.1 Å². The predicted molar refractivity (Wildman–Crippen MR) is 61.3 cm³/mol. The summed E-state index contributed by atoms with van der Waals surface area (Å²) in [6.45, 7) is 8.70. The van der Waals surface area contributed by atoms with Crippen LogP contribution in [0.4, 0.5) is 0 Å². The van der Waals surface area contributed by atoms with Crippen LogP contribution in [-0.2, 0) is 4.79 Å². The van der Waals surface area contributed by atoms with Crippen molar-refractivity contribution in [1.82, 2.24) is 0 Å². The van der Waals surface area contributed by atoms with E-state index in [1.54, 1.807) is 11.8 Å². The second-order valence-corrected chi connectivity index (χ2v) is 5.71. The number of thioether (sulfide) groups is 1. The van der Waals surface area contributed by atoms with Crippen LogP contribution in [0.2, 0.25) is 0 Å². The third-order valence-electron chi connectivity index (χ3n) is 1.87. The SMILES string of the molecule is CCC(=O)CSCCCC(C)(C)C. The minimum Gasteiger partial charge on any atom is -0.299 e. The van der Waals surface area contributed by atoms with Gasteiger partial charge in [0.15, 0.2) is 0 Å². The Morgan fingerprint density at radius 1 is 1.31 bits per heavy atom. The highest BCUT2D eigenvalue weighted by Gasteiger charge is 2.09. The zero-order valence-corrected chi connectivity index (χ0v) is 10.2. The maximum absolute atomic E-state index is 11.0. The molecule has 0 rings (SSSR count). The summed E-state index contributed by atoms with van der Waals surface area (Å²) in [4.78, 5) is 11.0. The molecule has 0 aromatic heterocycles. The van der Waals surface area contributed by atoms with Gasteiger partial charge >= 0.3 is 0 Å². The van der Waals surface area contributed by atoms with Gasteiger partial charge in [-0.25, -0.2) is 0 Å². The monoisotopic (exact) mass is 202 g/mol. The summed E-state index contributed by atoms with van der Waals surface area (Å²) in [6, 6.07) is 0. The third kappa shape index (κ3) is 9.94. The van der Waals surface area contributed by atoms with Gasteiger partial charge in [-0.3, -0.25) is 4.79 Å². The third-order valence-corrected chi connectivity index (χ3v) is 2.98. The first-order chi connectivity index (χ1) is 5.95. The van der Waals surface area contributed by atoms with E-state index in [1.165, 1.54) is 12.8 Å². The Balaban J connectivity index is 3.22. The zero-order chi connectivity index (χ0) is 10.3. The van der Waals surface area contributed by atoms with Crippen molar-refractivity contribution in [3.8, 4) is 0 Å². The van der Waals surface area contributed by atoms with Crippen LogP contribution in [0.25, 0.3) is 0 Å². The van der Waals surface area contributed by atoms with Crippen molar-refractivity contribution >= 4 is 17.5 Å². The number of hydrogen-bond donors (Lipinski definition) is 0. The molecular formula is C11H22OS. The fourth-order valence-electron chi connectivity index (χ4n) is 0.993. The highest BCUT2D eigenvalue weighted by atomic mass is 32.2. The quantitative estimate of drug-likeness (QED) is 0.613. The summed E-state index contributed by atoms with van der Waals surface area (Å²) in [5.41, 5.74) is 0.440. The van der Waals surface area contributed by atoms with Gasteiger partial charge in [-0.1, -0.05) is 27.7 Å². The lowest BCUT2D eigenvalue weighted by Crippen LogP contribution is -2.05. The molecule has 0 unspecified atom stereocenters. The van der Waals surface area contributed by atoms with E-state index in [1.807, 2.05) is 6.92 Å². The molecule has 0 fully saturated rings. The molecule has 0 N–H and O–H groups in total. The summed E-state index contributed by atoms with van der Waals surface area (Å²) >= 11 is 1.78. The lowest BCUT2D eigenvalue weighted by molar-refractivity contribution is -0.116. The highest BCUT2D eigenvalue weighted by Crippen LogP contribution is 2.21. The first-order valence-corrected chi connectivity index (χ1v) is 6.20. The molecule has 0 saturated heterocycles. The van der Waals surface area contributed by atoms with Gasteiger partial charge in [-0.2, -0.15) is 11.8 Å². The average molecular weight is 202 g/mol. The van der Waals surface area contributed by atoms with Gasteiger partial charge in [0.25, 0.3) is 0 Å². The van der Waals surface area contributed by atoms with Crippen LogP contribution < -0.4 is 0 Å². The highest BCUT2D eigenvalue weighted by molar-refractivity contribution is 7.99. The smallest absolute Gasteiger partial charge is 0.142 e. The molecule has 0 spiro atoms. The van der Waals surface area contributed by atoms with Crippen molar-refractivity contribution in [2.75, 3.05) is 11.5 Å². The molecule has 13 heavy (non-hydrogen) atoms. The van der Waals surface area contributed by atoms with Gasteiger partial charge in [0.05, 0.1) is 5.75 Å². The summed E-state index contributed by atoms with van der Waals surface area (Å²) < 4.78 is 0. The molecular weight excluding hydrogens is 180 g/mol. The molecule has 2 heteroatoms. The van der Waals surface area contributed by atoms with Crippen LogP contribution in [0.3, 0.4) is 0 Å². The Hall–Kier alpha value is 0.0200. The summed E-state index contributed by atoms with van der Waals surface area (Å²) in [6.07, 6.45) is 3.16. The second kappa shape index (κ2) is 6.47. The molecule has 0 atom stereocenters. The molecule has 1 nitrogen and oxygen atoms in total. The second-order valence-electron chi connectivity index (χ2n) is 4.61. The Kier molecular flexibility index (Phi) is 6.48. The molecule has 0 aliphatic rings. The maximum Gasteiger partial charge on any atom is 0.142 e. The molecule has 0 amide bonds. The zero-order valence-electron chi connectivity index (χ0n) is 9.35. The first-order valence-electron chi connectivity index (χ1n) is 5.05. The Labute approximate surface area is 86.7 Å². The summed E-state index contributed by atoms with van der Waals surface area (Å²) in [5.74, 6) is 2.21. The number of ketones is 1. The fraction of sp³-hybridized carbons (Fsp3) is 0.909. The molecule has 78 valence electrons. The van der Waals surface area contributed by atoms with Gasteiger partial charge in [-0.05, 0) is 24.0 Å². The number of carbonyl (C=O) groups excluding carboxylic acids is 1. The maximum atomic E-state index is 11.0. The van der Waals surface area contributed by atoms with E-state index >= 15 is 0 Å². The Bertz CT molecular complexity index is 147. The Morgan fingerprint density at radius 3 is 2.38 bits per heavy atom. The van der Waals surface area contributed by atoms with E-state index in [-0.39, 0.29) is 0 Å². The summed E-state index contributed by atoms with van der Waals surface area (Å²) in [5, 5.41) is 0. The minimum atomic E-state index is 0.376. The Morgan fingerprint density at radius 2 is 1.92 bits per heavy atom. The molecule has 0 aromatic rings. The number of rotatable bonds is 6. The normalized spacial score (nSPS) is 11.7. The van der Waals surface area contributed by atoms with E-state index in [4.69, 9.17) is 0 Å². The van der Waals surface area contributed by atoms with E-state index in [2.05, 4.69) is 20.8 Å². The van der Waals surface area contributed by atoms with E-state index in [0.29, 0.717) is 23.4 Å². The average Bonchev–Trinajstić information content (AvgIpc) is 2.01. The van der Waals surface area contributed by atoms with Gasteiger partial charge in [0.2, 0.25) is 0 Å². The van der Waals surface area contributed by atoms with Crippen molar-refractivity contribution in [3.05, 3.63) is 0 Å². The van der Waals surface area contributed by atoms with Crippen molar-refractivity contribution in [1.29, 1.82) is 0 Å². The largest absolute Gasteiger partial charge is 0.299 e. The molecule has 0 aliphatic heterocycles. The van der Waals surface area contributed by atoms with Gasteiger partial charge in [0.1, 0.15) is 5.78 Å². The minimum absolute atomic E-state index is 0.376. The molecule has 0 aliphatic carbocycles. The van der Waals surface area contributed by atoms with E-state index in [0.717, 1.165) is 5.75 Å². The lowest BCUT2D eigenvalue weighted by atomic mass is 9.91. The lowest BCUT2D eigenvalue weighted by Gasteiger charge is -2.17. The molecule has 0 saturated carbocycles. The molecule has 0 heterocycles. The van der Waals surface area contributed by atoms with Crippen molar-refractivity contribution in [2.45, 2.75) is 47.0 Å². The predicted octanol–water partition coefficient (Wildman–Crippen LogP) is 3.53. The van der Waals surface area contributed by atoms with Crippen molar-refractivity contribution < 1.29 is 4.79 Å². The van der Waals surface area contributed by atoms with Gasteiger partial charge in [0, 0.05) is 6.42 Å². The van der Waals surface area contributed by atoms with Crippen LogP contribution in [0.1, 0.15) is 47.0 Å². The van der Waals surface area contributed by atoms with Gasteiger partial charge < -0.3 is 0 Å². The molecule has 0 radical (unpaired) electrons. The number of carbonyl (C=O) groups is 1. The van der Waals surface area contributed by atoms with Gasteiger partial charge in [-0.15, -0.1) is 0 Å². The molecule has 0 aromatic carbocycles. The summed E-state index contributed by atoms with van der Waals surface area (Å²) in [7, 11) is 0. The van der Waals surface area contributed by atoms with E-state index in [9.17, 15) is 4.79 Å². The van der Waals surface area contributed by atoms with E-state index < -0.39 is 0 Å². The number of Topliss-reactive ketones (excluding diaryl/α,β-unsaturated/α-hetero) is 1. The van der Waals surface area contributed by atoms with Crippen LogP contribution in [0.15, 0.2) is 0 Å². The van der Waals surface area contributed by atoms with Crippen LogP contribution >= 0.6 is 11.8 Å². The van der Waals surface area contributed by atoms with Crippen LogP contribution in [0.5, 0.6) is 0 Å². The standard InChI is InChI=1S/C11H22OS/c1-5-10(12)9-13-8-6-7-11(2,3)4/h5-9H2,1-4H3. The van der Waals surface area contributed by atoms with Crippen LogP contribution in [-0.4, -0.2) is 17.3 Å². The molecule has 0 bridgehead atoms. The fourth-order valence-corrected chi connectivity index (χ4v) is 1.92.